The van der Waals surface area contributed by atoms with Gasteiger partial charge in [0.2, 0.25) is 0 Å². The molecule has 2 aromatic rings. The molecule has 1 saturated carbocycles. The molecule has 0 unspecified atom stereocenters. The number of nitriles is 1. The van der Waals surface area contributed by atoms with Crippen molar-refractivity contribution in [3.63, 3.8) is 0 Å². The Morgan fingerprint density at radius 2 is 1.66 bits per heavy atom. The first kappa shape index (κ1) is 23.7. The molecule has 0 saturated heterocycles. The second kappa shape index (κ2) is 10.1. The van der Waals surface area contributed by atoms with Gasteiger partial charge in [-0.3, -0.25) is 4.39 Å². The molecule has 8 heteroatoms. The van der Waals surface area contributed by atoms with Crippen molar-refractivity contribution < 1.29 is 31.1 Å². The fraction of sp³-hybridized carbons (Fsp3) is 0.375. The highest BCUT2D eigenvalue weighted by Gasteiger charge is 2.41. The molecule has 170 valence electrons. The summed E-state index contributed by atoms with van der Waals surface area (Å²) >= 11 is 0. The van der Waals surface area contributed by atoms with Gasteiger partial charge < -0.3 is 4.74 Å². The van der Waals surface area contributed by atoms with Crippen molar-refractivity contribution in [3.8, 4) is 11.8 Å². The van der Waals surface area contributed by atoms with Crippen LogP contribution in [-0.2, 0) is 6.11 Å². The zero-order valence-corrected chi connectivity index (χ0v) is 17.1. The molecule has 1 aliphatic carbocycles. The van der Waals surface area contributed by atoms with Crippen LogP contribution < -0.4 is 4.74 Å². The molecular weight excluding hydrogens is 432 g/mol. The van der Waals surface area contributed by atoms with E-state index in [1.54, 1.807) is 6.08 Å². The second-order valence-electron chi connectivity index (χ2n) is 7.75. The topological polar surface area (TPSA) is 33.0 Å². The van der Waals surface area contributed by atoms with E-state index in [9.17, 15) is 26.3 Å². The van der Waals surface area contributed by atoms with Crippen LogP contribution >= 0.6 is 0 Å². The van der Waals surface area contributed by atoms with E-state index in [1.165, 1.54) is 6.07 Å². The molecule has 0 bridgehead atoms. The number of benzene rings is 2. The number of hydrogen-bond donors (Lipinski definition) is 0. The summed E-state index contributed by atoms with van der Waals surface area (Å²) in [6.07, 6.45) is 2.44. The SMILES string of the molecule is N#Cc1ccc(OC(F)(F)c2c(F)cc(C3CCC(C=CCCF)CC3)cc2F)cc1F. The van der Waals surface area contributed by atoms with Gasteiger partial charge in [-0.25, -0.2) is 13.2 Å². The smallest absolute Gasteiger partial charge is 0.429 e. The lowest BCUT2D eigenvalue weighted by Gasteiger charge is -2.28. The van der Waals surface area contributed by atoms with Crippen LogP contribution in [0.2, 0.25) is 0 Å². The van der Waals surface area contributed by atoms with Gasteiger partial charge in [0.15, 0.2) is 0 Å². The van der Waals surface area contributed by atoms with Crippen LogP contribution in [0.3, 0.4) is 0 Å². The highest BCUT2D eigenvalue weighted by Crippen LogP contribution is 2.40. The lowest BCUT2D eigenvalue weighted by molar-refractivity contribution is -0.189. The van der Waals surface area contributed by atoms with Gasteiger partial charge in [-0.2, -0.15) is 14.0 Å². The Morgan fingerprint density at radius 3 is 2.22 bits per heavy atom. The summed E-state index contributed by atoms with van der Waals surface area (Å²) < 4.78 is 88.4. The van der Waals surface area contributed by atoms with Crippen molar-refractivity contribution in [1.82, 2.24) is 0 Å². The lowest BCUT2D eigenvalue weighted by Crippen LogP contribution is -2.25. The maximum Gasteiger partial charge on any atom is 0.432 e. The Morgan fingerprint density at radius 1 is 1.00 bits per heavy atom. The number of alkyl halides is 3. The molecule has 1 fully saturated rings. The average molecular weight is 453 g/mol. The van der Waals surface area contributed by atoms with Crippen molar-refractivity contribution in [2.45, 2.75) is 44.1 Å². The molecule has 0 heterocycles. The van der Waals surface area contributed by atoms with E-state index in [0.29, 0.717) is 25.3 Å². The summed E-state index contributed by atoms with van der Waals surface area (Å²) in [5.74, 6) is -4.59. The van der Waals surface area contributed by atoms with Crippen LogP contribution in [0.1, 0.15) is 54.7 Å². The second-order valence-corrected chi connectivity index (χ2v) is 7.75. The third-order valence-corrected chi connectivity index (χ3v) is 5.59. The third-order valence-electron chi connectivity index (χ3n) is 5.59. The van der Waals surface area contributed by atoms with E-state index < -0.39 is 41.5 Å². The summed E-state index contributed by atoms with van der Waals surface area (Å²) in [6, 6.07) is 5.71. The summed E-state index contributed by atoms with van der Waals surface area (Å²) in [5, 5.41) is 8.69. The standard InChI is InChI=1S/C24H21F6NO/c25-10-2-1-3-15-4-6-16(7-5-15)18-11-21(27)23(22(28)12-18)24(29,30)32-19-9-8-17(14-31)20(26)13-19/h1,3,8-9,11-13,15-16H,2,4-7,10H2. The first-order chi connectivity index (χ1) is 15.2. The summed E-state index contributed by atoms with van der Waals surface area (Å²) in [7, 11) is 0. The average Bonchev–Trinajstić information content (AvgIpc) is 2.73. The molecule has 0 radical (unpaired) electrons. The van der Waals surface area contributed by atoms with Crippen LogP contribution in [0, 0.1) is 34.7 Å². The molecular formula is C24H21F6NO. The molecule has 0 aromatic heterocycles. The fourth-order valence-electron chi connectivity index (χ4n) is 3.95. The molecule has 0 amide bonds. The van der Waals surface area contributed by atoms with Gasteiger partial charge in [-0.15, -0.1) is 0 Å². The molecule has 32 heavy (non-hydrogen) atoms. The van der Waals surface area contributed by atoms with Crippen LogP contribution in [0.25, 0.3) is 0 Å². The maximum atomic E-state index is 14.6. The molecule has 1 aliphatic rings. The number of allylic oxidation sites excluding steroid dienone is 2. The monoisotopic (exact) mass is 453 g/mol. The van der Waals surface area contributed by atoms with Gasteiger partial charge in [0.05, 0.1) is 12.2 Å². The van der Waals surface area contributed by atoms with Crippen molar-refractivity contribution in [2.24, 2.45) is 5.92 Å². The van der Waals surface area contributed by atoms with Crippen LogP contribution in [0.5, 0.6) is 5.75 Å². The third kappa shape index (κ3) is 5.45. The molecule has 0 spiro atoms. The summed E-state index contributed by atoms with van der Waals surface area (Å²) in [5.41, 5.74) is -1.65. The van der Waals surface area contributed by atoms with E-state index in [-0.39, 0.29) is 23.0 Å². The predicted molar refractivity (Wildman–Crippen MR) is 106 cm³/mol. The number of rotatable bonds is 7. The van der Waals surface area contributed by atoms with Gasteiger partial charge in [0.1, 0.15) is 34.8 Å². The Hall–Kier alpha value is -2.95. The molecule has 2 aromatic carbocycles. The Labute approximate surface area is 182 Å². The van der Waals surface area contributed by atoms with E-state index in [1.807, 2.05) is 6.08 Å². The summed E-state index contributed by atoms with van der Waals surface area (Å²) in [6.45, 7) is -0.425. The predicted octanol–water partition coefficient (Wildman–Crippen LogP) is 7.29. The van der Waals surface area contributed by atoms with Gasteiger partial charge in [-0.05, 0) is 73.8 Å². The van der Waals surface area contributed by atoms with Crippen molar-refractivity contribution >= 4 is 0 Å². The van der Waals surface area contributed by atoms with Gasteiger partial charge in [0.25, 0.3) is 0 Å². The van der Waals surface area contributed by atoms with E-state index in [4.69, 9.17) is 5.26 Å². The van der Waals surface area contributed by atoms with Crippen molar-refractivity contribution in [3.05, 3.63) is 76.6 Å². The summed E-state index contributed by atoms with van der Waals surface area (Å²) in [4.78, 5) is 0. The lowest BCUT2D eigenvalue weighted by atomic mass is 9.78. The first-order valence-electron chi connectivity index (χ1n) is 10.2. The highest BCUT2D eigenvalue weighted by molar-refractivity contribution is 5.37. The Balaban J connectivity index is 1.75. The van der Waals surface area contributed by atoms with Crippen LogP contribution in [0.4, 0.5) is 26.3 Å². The van der Waals surface area contributed by atoms with Gasteiger partial charge >= 0.3 is 6.11 Å². The minimum absolute atomic E-state index is 0.180. The quantitative estimate of drug-likeness (QED) is 0.326. The van der Waals surface area contributed by atoms with E-state index in [2.05, 4.69) is 4.74 Å². The normalized spacial score (nSPS) is 19.2. The molecule has 0 N–H and O–H groups in total. The molecule has 0 atom stereocenters. The van der Waals surface area contributed by atoms with Crippen LogP contribution in [0.15, 0.2) is 42.5 Å². The number of hydrogen-bond acceptors (Lipinski definition) is 2. The number of nitrogens with zero attached hydrogens (tertiary/aromatic N) is 1. The molecule has 3 rings (SSSR count). The van der Waals surface area contributed by atoms with Crippen molar-refractivity contribution in [1.29, 1.82) is 5.26 Å². The number of ether oxygens (including phenoxy) is 1. The van der Waals surface area contributed by atoms with Gasteiger partial charge in [-0.1, -0.05) is 12.2 Å². The van der Waals surface area contributed by atoms with E-state index in [0.717, 1.165) is 37.1 Å². The largest absolute Gasteiger partial charge is 0.432 e. The zero-order valence-electron chi connectivity index (χ0n) is 17.1. The minimum atomic E-state index is -4.40. The first-order valence-corrected chi connectivity index (χ1v) is 10.2. The van der Waals surface area contributed by atoms with Crippen molar-refractivity contribution in [2.75, 3.05) is 6.67 Å². The van der Waals surface area contributed by atoms with Gasteiger partial charge in [0, 0.05) is 6.07 Å². The molecule has 0 aliphatic heterocycles. The zero-order chi connectivity index (χ0) is 23.3. The Bertz CT molecular complexity index is 999. The maximum absolute atomic E-state index is 14.6. The Kier molecular flexibility index (Phi) is 7.49. The van der Waals surface area contributed by atoms with Crippen LogP contribution in [-0.4, -0.2) is 6.67 Å². The number of halogens is 6. The minimum Gasteiger partial charge on any atom is -0.429 e. The fourth-order valence-corrected chi connectivity index (χ4v) is 3.95. The highest BCUT2D eigenvalue weighted by atomic mass is 19.3. The molecule has 2 nitrogen and oxygen atoms in total. The van der Waals surface area contributed by atoms with E-state index >= 15 is 0 Å².